The van der Waals surface area contributed by atoms with E-state index in [4.69, 9.17) is 10.3 Å². The lowest BCUT2D eigenvalue weighted by molar-refractivity contribution is 0.0958. The topological polar surface area (TPSA) is 94.0 Å². The van der Waals surface area contributed by atoms with E-state index in [-0.39, 0.29) is 5.91 Å². The van der Waals surface area contributed by atoms with Crippen LogP contribution in [-0.4, -0.2) is 22.6 Å². The zero-order valence-electron chi connectivity index (χ0n) is 10.2. The van der Waals surface area contributed by atoms with Crippen LogP contribution in [0, 0.1) is 13.8 Å². The maximum Gasteiger partial charge on any atom is 0.261 e. The zero-order valence-corrected chi connectivity index (χ0v) is 11.0. The molecule has 18 heavy (non-hydrogen) atoms. The Hall–Kier alpha value is -1.89. The first-order valence-corrected chi connectivity index (χ1v) is 6.31. The van der Waals surface area contributed by atoms with E-state index in [1.165, 1.54) is 11.3 Å². The van der Waals surface area contributed by atoms with E-state index in [1.807, 2.05) is 6.92 Å². The smallest absolute Gasteiger partial charge is 0.261 e. The molecule has 0 aromatic carbocycles. The second kappa shape index (κ2) is 5.18. The number of carbonyl (C=O) groups is 1. The summed E-state index contributed by atoms with van der Waals surface area (Å²) >= 11 is 1.39. The summed E-state index contributed by atoms with van der Waals surface area (Å²) in [7, 11) is 0. The van der Waals surface area contributed by atoms with Crippen molar-refractivity contribution in [1.82, 2.24) is 15.5 Å². The molecule has 1 amide bonds. The lowest BCUT2D eigenvalue weighted by atomic mass is 10.3. The summed E-state index contributed by atoms with van der Waals surface area (Å²) in [5.41, 5.74) is 6.35. The van der Waals surface area contributed by atoms with Crippen LogP contribution in [-0.2, 0) is 6.42 Å². The number of thiophene rings is 1. The van der Waals surface area contributed by atoms with E-state index in [1.54, 1.807) is 13.0 Å². The van der Waals surface area contributed by atoms with Crippen molar-refractivity contribution in [3.63, 3.8) is 0 Å². The lowest BCUT2D eigenvalue weighted by Gasteiger charge is -2.00. The number of nitrogens with zero attached hydrogens (tertiary/aromatic N) is 2. The number of aryl methyl sites for hydroxylation is 2. The number of anilines is 1. The Kier molecular flexibility index (Phi) is 3.61. The van der Waals surface area contributed by atoms with Crippen LogP contribution in [0.1, 0.15) is 26.3 Å². The van der Waals surface area contributed by atoms with E-state index >= 15 is 0 Å². The van der Waals surface area contributed by atoms with Crippen LogP contribution < -0.4 is 11.1 Å². The summed E-state index contributed by atoms with van der Waals surface area (Å²) in [5.74, 6) is 0.993. The minimum absolute atomic E-state index is 0.125. The van der Waals surface area contributed by atoms with Crippen LogP contribution in [0.15, 0.2) is 10.6 Å². The molecule has 7 heteroatoms. The molecule has 2 aromatic heterocycles. The van der Waals surface area contributed by atoms with Gasteiger partial charge >= 0.3 is 0 Å². The molecule has 6 nitrogen and oxygen atoms in total. The SMILES string of the molecule is Cc1nc(CCNC(=O)c2cc(N)c(C)s2)no1. The Bertz CT molecular complexity index is 542. The lowest BCUT2D eigenvalue weighted by Crippen LogP contribution is -2.25. The van der Waals surface area contributed by atoms with Gasteiger partial charge < -0.3 is 15.6 Å². The molecule has 2 heterocycles. The molecule has 0 radical (unpaired) electrons. The largest absolute Gasteiger partial charge is 0.398 e. The van der Waals surface area contributed by atoms with Crippen LogP contribution in [0.3, 0.4) is 0 Å². The third kappa shape index (κ3) is 2.86. The first-order chi connectivity index (χ1) is 8.56. The highest BCUT2D eigenvalue weighted by Crippen LogP contribution is 2.22. The van der Waals surface area contributed by atoms with Gasteiger partial charge in [-0.05, 0) is 13.0 Å². The Morgan fingerprint density at radius 2 is 2.33 bits per heavy atom. The van der Waals surface area contributed by atoms with E-state index in [2.05, 4.69) is 15.5 Å². The van der Waals surface area contributed by atoms with Crippen molar-refractivity contribution in [1.29, 1.82) is 0 Å². The second-order valence-electron chi connectivity index (χ2n) is 3.86. The van der Waals surface area contributed by atoms with Crippen LogP contribution in [0.2, 0.25) is 0 Å². The standard InChI is InChI=1S/C11H14N4O2S/c1-6-8(12)5-9(18-6)11(16)13-4-3-10-14-7(2)17-15-10/h5H,3-4,12H2,1-2H3,(H,13,16). The van der Waals surface area contributed by atoms with E-state index < -0.39 is 0 Å². The molecule has 0 aliphatic heterocycles. The zero-order chi connectivity index (χ0) is 13.1. The number of nitrogens with two attached hydrogens (primary N) is 1. The van der Waals surface area contributed by atoms with Gasteiger partial charge in [0.25, 0.3) is 5.91 Å². The van der Waals surface area contributed by atoms with Crippen LogP contribution in [0.25, 0.3) is 0 Å². The number of amides is 1. The molecule has 2 rings (SSSR count). The van der Waals surface area contributed by atoms with Gasteiger partial charge in [0.05, 0.1) is 4.88 Å². The molecule has 3 N–H and O–H groups in total. The summed E-state index contributed by atoms with van der Waals surface area (Å²) in [6.45, 7) is 4.08. The van der Waals surface area contributed by atoms with Crippen LogP contribution in [0.4, 0.5) is 5.69 Å². The van der Waals surface area contributed by atoms with Gasteiger partial charge in [-0.15, -0.1) is 11.3 Å². The number of hydrogen-bond donors (Lipinski definition) is 2. The Balaban J connectivity index is 1.85. The molecule has 0 atom stereocenters. The Labute approximate surface area is 108 Å². The molecule has 96 valence electrons. The van der Waals surface area contributed by atoms with Crippen LogP contribution >= 0.6 is 11.3 Å². The van der Waals surface area contributed by atoms with E-state index in [9.17, 15) is 4.79 Å². The second-order valence-corrected chi connectivity index (χ2v) is 5.11. The third-order valence-corrected chi connectivity index (χ3v) is 3.45. The Morgan fingerprint density at radius 3 is 2.89 bits per heavy atom. The quantitative estimate of drug-likeness (QED) is 0.870. The average molecular weight is 266 g/mol. The molecule has 0 unspecified atom stereocenters. The van der Waals surface area contributed by atoms with Gasteiger partial charge in [-0.3, -0.25) is 4.79 Å². The van der Waals surface area contributed by atoms with Gasteiger partial charge in [-0.1, -0.05) is 5.16 Å². The fourth-order valence-electron chi connectivity index (χ4n) is 1.43. The molecule has 0 saturated carbocycles. The highest BCUT2D eigenvalue weighted by Gasteiger charge is 2.10. The summed E-state index contributed by atoms with van der Waals surface area (Å²) in [6, 6.07) is 1.69. The fourth-order valence-corrected chi connectivity index (χ4v) is 2.28. The minimum atomic E-state index is -0.125. The van der Waals surface area contributed by atoms with Crippen molar-refractivity contribution in [3.05, 3.63) is 27.5 Å². The van der Waals surface area contributed by atoms with Crippen molar-refractivity contribution in [2.75, 3.05) is 12.3 Å². The van der Waals surface area contributed by atoms with Gasteiger partial charge in [-0.2, -0.15) is 4.98 Å². The van der Waals surface area contributed by atoms with Gasteiger partial charge in [0.2, 0.25) is 5.89 Å². The van der Waals surface area contributed by atoms with Crippen molar-refractivity contribution in [2.24, 2.45) is 0 Å². The van der Waals surface area contributed by atoms with E-state index in [0.717, 1.165) is 4.88 Å². The van der Waals surface area contributed by atoms with E-state index in [0.29, 0.717) is 35.2 Å². The fraction of sp³-hybridized carbons (Fsp3) is 0.364. The minimum Gasteiger partial charge on any atom is -0.398 e. The number of hydrogen-bond acceptors (Lipinski definition) is 6. The predicted octanol–water partition coefficient (Wildman–Crippen LogP) is 1.30. The van der Waals surface area contributed by atoms with Crippen molar-refractivity contribution in [2.45, 2.75) is 20.3 Å². The predicted molar refractivity (Wildman–Crippen MR) is 68.5 cm³/mol. The average Bonchev–Trinajstić information content (AvgIpc) is 2.87. The maximum absolute atomic E-state index is 11.8. The number of nitrogens with one attached hydrogen (secondary N) is 1. The molecule has 0 aliphatic carbocycles. The first kappa shape index (κ1) is 12.6. The molecule has 2 aromatic rings. The number of carbonyl (C=O) groups excluding carboxylic acids is 1. The Morgan fingerprint density at radius 1 is 1.56 bits per heavy atom. The van der Waals surface area contributed by atoms with Gasteiger partial charge in [0, 0.05) is 30.5 Å². The monoisotopic (exact) mass is 266 g/mol. The molecule has 0 saturated heterocycles. The number of nitrogen functional groups attached to an aromatic ring is 1. The maximum atomic E-state index is 11.8. The normalized spacial score (nSPS) is 10.6. The molecule has 0 bridgehead atoms. The van der Waals surface area contributed by atoms with Crippen molar-refractivity contribution >= 4 is 22.9 Å². The van der Waals surface area contributed by atoms with Gasteiger partial charge in [0.1, 0.15) is 0 Å². The first-order valence-electron chi connectivity index (χ1n) is 5.49. The van der Waals surface area contributed by atoms with Crippen molar-refractivity contribution < 1.29 is 9.32 Å². The summed E-state index contributed by atoms with van der Waals surface area (Å²) in [5, 5.41) is 6.54. The van der Waals surface area contributed by atoms with Gasteiger partial charge in [0.15, 0.2) is 5.82 Å². The third-order valence-electron chi connectivity index (χ3n) is 2.38. The molecule has 0 aliphatic rings. The summed E-state index contributed by atoms with van der Waals surface area (Å²) in [4.78, 5) is 17.4. The van der Waals surface area contributed by atoms with Crippen LogP contribution in [0.5, 0.6) is 0 Å². The highest BCUT2D eigenvalue weighted by atomic mass is 32.1. The number of aromatic nitrogens is 2. The highest BCUT2D eigenvalue weighted by molar-refractivity contribution is 7.14. The summed E-state index contributed by atoms with van der Waals surface area (Å²) < 4.78 is 4.84. The molecule has 0 fully saturated rings. The summed E-state index contributed by atoms with van der Waals surface area (Å²) in [6.07, 6.45) is 0.545. The number of rotatable bonds is 4. The molecule has 0 spiro atoms. The molecular formula is C11H14N4O2S. The van der Waals surface area contributed by atoms with Gasteiger partial charge in [-0.25, -0.2) is 0 Å². The van der Waals surface area contributed by atoms with Crippen molar-refractivity contribution in [3.8, 4) is 0 Å². The molecular weight excluding hydrogens is 252 g/mol.